The van der Waals surface area contributed by atoms with Gasteiger partial charge in [-0.15, -0.1) is 0 Å². The number of hydrogen-bond acceptors (Lipinski definition) is 6. The molecule has 2 aromatic heterocycles. The van der Waals surface area contributed by atoms with E-state index in [9.17, 15) is 18.0 Å². The highest BCUT2D eigenvalue weighted by Gasteiger charge is 2.31. The normalized spacial score (nSPS) is 20.7. The summed E-state index contributed by atoms with van der Waals surface area (Å²) in [6, 6.07) is 1.95. The second-order valence-electron chi connectivity index (χ2n) is 7.39. The SMILES string of the molecule is O=c1c(Cl)c(N2CCN(CC3CCCO3)CC2)cnn1-c1ccc(C(F)(F)F)cn1. The molecule has 30 heavy (non-hydrogen) atoms. The molecule has 0 spiro atoms. The molecule has 2 fully saturated rings. The van der Waals surface area contributed by atoms with Crippen LogP contribution in [0.2, 0.25) is 5.02 Å². The van der Waals surface area contributed by atoms with Gasteiger partial charge in [0.1, 0.15) is 5.02 Å². The molecule has 0 saturated carbocycles. The van der Waals surface area contributed by atoms with Crippen molar-refractivity contribution < 1.29 is 17.9 Å². The summed E-state index contributed by atoms with van der Waals surface area (Å²) < 4.78 is 44.7. The molecule has 0 amide bonds. The summed E-state index contributed by atoms with van der Waals surface area (Å²) >= 11 is 6.30. The lowest BCUT2D eigenvalue weighted by Crippen LogP contribution is -2.49. The molecule has 7 nitrogen and oxygen atoms in total. The average molecular weight is 444 g/mol. The molecule has 0 bridgehead atoms. The van der Waals surface area contributed by atoms with Crippen molar-refractivity contribution in [3.8, 4) is 5.82 Å². The Kier molecular flexibility index (Phi) is 5.99. The van der Waals surface area contributed by atoms with Gasteiger partial charge >= 0.3 is 6.18 Å². The standard InChI is InChI=1S/C19H21ClF3N5O2/c20-17-15(27-7-5-26(6-8-27)12-14-2-1-9-30-14)11-25-28(18(17)29)16-4-3-13(10-24-16)19(21,22)23/h3-4,10-11,14H,1-2,5-9,12H2. The van der Waals surface area contributed by atoms with E-state index in [1.54, 1.807) is 0 Å². The third kappa shape index (κ3) is 4.45. The minimum atomic E-state index is -4.50. The van der Waals surface area contributed by atoms with Crippen molar-refractivity contribution in [3.63, 3.8) is 0 Å². The van der Waals surface area contributed by atoms with Gasteiger partial charge < -0.3 is 9.64 Å². The number of anilines is 1. The quantitative estimate of drug-likeness (QED) is 0.724. The third-order valence-electron chi connectivity index (χ3n) is 5.39. The Balaban J connectivity index is 1.46. The minimum absolute atomic E-state index is 0.0252. The van der Waals surface area contributed by atoms with Gasteiger partial charge in [-0.05, 0) is 25.0 Å². The number of ether oxygens (including phenoxy) is 1. The van der Waals surface area contributed by atoms with Gasteiger partial charge in [-0.2, -0.15) is 23.0 Å². The highest BCUT2D eigenvalue weighted by atomic mass is 35.5. The van der Waals surface area contributed by atoms with Crippen LogP contribution in [0.4, 0.5) is 18.9 Å². The number of halogens is 4. The molecule has 2 aliphatic heterocycles. The van der Waals surface area contributed by atoms with Gasteiger partial charge in [0.2, 0.25) is 0 Å². The molecule has 1 atom stereocenters. The summed E-state index contributed by atoms with van der Waals surface area (Å²) in [5, 5.41) is 4.05. The smallest absolute Gasteiger partial charge is 0.377 e. The Hall–Kier alpha value is -2.17. The van der Waals surface area contributed by atoms with Crippen LogP contribution < -0.4 is 10.5 Å². The van der Waals surface area contributed by atoms with Crippen molar-refractivity contribution in [2.45, 2.75) is 25.1 Å². The fourth-order valence-electron chi connectivity index (χ4n) is 3.73. The molecule has 0 radical (unpaired) electrons. The van der Waals surface area contributed by atoms with Crippen LogP contribution in [0.15, 0.2) is 29.3 Å². The highest BCUT2D eigenvalue weighted by Crippen LogP contribution is 2.29. The highest BCUT2D eigenvalue weighted by molar-refractivity contribution is 6.33. The summed E-state index contributed by atoms with van der Waals surface area (Å²) in [7, 11) is 0. The zero-order chi connectivity index (χ0) is 21.3. The maximum Gasteiger partial charge on any atom is 0.417 e. The van der Waals surface area contributed by atoms with Crippen molar-refractivity contribution in [2.24, 2.45) is 0 Å². The molecule has 162 valence electrons. The first-order chi connectivity index (χ1) is 14.3. The predicted molar refractivity (Wildman–Crippen MR) is 105 cm³/mol. The van der Waals surface area contributed by atoms with Gasteiger partial charge in [-0.1, -0.05) is 11.6 Å². The fraction of sp³-hybridized carbons (Fsp3) is 0.526. The van der Waals surface area contributed by atoms with Crippen molar-refractivity contribution in [1.29, 1.82) is 0 Å². The Labute approximate surface area is 176 Å². The molecule has 0 aromatic carbocycles. The second kappa shape index (κ2) is 8.52. The Morgan fingerprint density at radius 2 is 1.93 bits per heavy atom. The summed E-state index contributed by atoms with van der Waals surface area (Å²) in [6.45, 7) is 4.75. The average Bonchev–Trinajstić information content (AvgIpc) is 3.23. The van der Waals surface area contributed by atoms with Gasteiger partial charge in [0, 0.05) is 45.5 Å². The predicted octanol–water partition coefficient (Wildman–Crippen LogP) is 2.60. The number of pyridine rings is 1. The molecule has 4 rings (SSSR count). The molecule has 11 heteroatoms. The summed E-state index contributed by atoms with van der Waals surface area (Å²) in [5.74, 6) is -0.0252. The largest absolute Gasteiger partial charge is 0.417 e. The van der Waals surface area contributed by atoms with Crippen LogP contribution in [0.25, 0.3) is 5.82 Å². The number of rotatable bonds is 4. The van der Waals surface area contributed by atoms with E-state index in [0.717, 1.165) is 55.9 Å². The van der Waals surface area contributed by atoms with E-state index in [1.807, 2.05) is 4.90 Å². The fourth-order valence-corrected chi connectivity index (χ4v) is 3.98. The zero-order valence-corrected chi connectivity index (χ0v) is 16.9. The molecule has 4 heterocycles. The first-order valence-corrected chi connectivity index (χ1v) is 10.1. The van der Waals surface area contributed by atoms with E-state index >= 15 is 0 Å². The molecule has 2 aromatic rings. The van der Waals surface area contributed by atoms with Crippen molar-refractivity contribution in [2.75, 3.05) is 44.2 Å². The Bertz CT molecular complexity index is 937. The topological polar surface area (TPSA) is 63.5 Å². The molecule has 2 saturated heterocycles. The van der Waals surface area contributed by atoms with Crippen LogP contribution in [0.5, 0.6) is 0 Å². The van der Waals surface area contributed by atoms with Crippen LogP contribution in [0.3, 0.4) is 0 Å². The molecule has 2 aliphatic rings. The number of alkyl halides is 3. The first-order valence-electron chi connectivity index (χ1n) is 9.73. The van der Waals surface area contributed by atoms with Gasteiger partial charge in [0.05, 0.1) is 23.6 Å². The summed E-state index contributed by atoms with van der Waals surface area (Å²) in [6.07, 6.45) is 0.110. The molecular formula is C19H21ClF3N5O2. The summed E-state index contributed by atoms with van der Waals surface area (Å²) in [4.78, 5) is 20.7. The lowest BCUT2D eigenvalue weighted by atomic mass is 10.2. The number of nitrogens with zero attached hydrogens (tertiary/aromatic N) is 5. The van der Waals surface area contributed by atoms with Crippen LogP contribution in [0, 0.1) is 0 Å². The number of aromatic nitrogens is 3. The van der Waals surface area contributed by atoms with E-state index in [2.05, 4.69) is 15.0 Å². The molecule has 0 aliphatic carbocycles. The van der Waals surface area contributed by atoms with Crippen LogP contribution >= 0.6 is 11.6 Å². The van der Waals surface area contributed by atoms with Crippen LogP contribution in [-0.4, -0.2) is 65.1 Å². The van der Waals surface area contributed by atoms with Crippen molar-refractivity contribution in [1.82, 2.24) is 19.7 Å². The maximum absolute atomic E-state index is 12.7. The lowest BCUT2D eigenvalue weighted by molar-refractivity contribution is -0.137. The summed E-state index contributed by atoms with van der Waals surface area (Å²) in [5.41, 5.74) is -1.01. The minimum Gasteiger partial charge on any atom is -0.377 e. The van der Waals surface area contributed by atoms with Gasteiger partial charge in [-0.3, -0.25) is 9.69 Å². The molecule has 1 unspecified atom stereocenters. The maximum atomic E-state index is 12.7. The molecule has 0 N–H and O–H groups in total. The van der Waals surface area contributed by atoms with E-state index in [-0.39, 0.29) is 10.8 Å². The van der Waals surface area contributed by atoms with E-state index < -0.39 is 17.3 Å². The Morgan fingerprint density at radius 3 is 2.53 bits per heavy atom. The number of hydrogen-bond donors (Lipinski definition) is 0. The number of piperazine rings is 1. The zero-order valence-electron chi connectivity index (χ0n) is 16.1. The second-order valence-corrected chi connectivity index (χ2v) is 7.76. The third-order valence-corrected chi connectivity index (χ3v) is 5.75. The van der Waals surface area contributed by atoms with E-state index in [0.29, 0.717) is 31.1 Å². The van der Waals surface area contributed by atoms with Gasteiger partial charge in [0.25, 0.3) is 5.56 Å². The first kappa shape index (κ1) is 21.1. The van der Waals surface area contributed by atoms with Crippen molar-refractivity contribution in [3.05, 3.63) is 45.5 Å². The van der Waals surface area contributed by atoms with Gasteiger partial charge in [-0.25, -0.2) is 4.98 Å². The van der Waals surface area contributed by atoms with Crippen molar-refractivity contribution >= 4 is 17.3 Å². The van der Waals surface area contributed by atoms with E-state index in [4.69, 9.17) is 16.3 Å². The Morgan fingerprint density at radius 1 is 1.17 bits per heavy atom. The van der Waals surface area contributed by atoms with Crippen LogP contribution in [0.1, 0.15) is 18.4 Å². The van der Waals surface area contributed by atoms with Gasteiger partial charge in [0.15, 0.2) is 5.82 Å². The lowest BCUT2D eigenvalue weighted by Gasteiger charge is -2.37. The molecular weight excluding hydrogens is 423 g/mol. The monoisotopic (exact) mass is 443 g/mol. The van der Waals surface area contributed by atoms with E-state index in [1.165, 1.54) is 6.20 Å². The van der Waals surface area contributed by atoms with Crippen LogP contribution in [-0.2, 0) is 10.9 Å².